The summed E-state index contributed by atoms with van der Waals surface area (Å²) < 4.78 is 4.83. The summed E-state index contributed by atoms with van der Waals surface area (Å²) in [6.07, 6.45) is 0. The number of nitrogens with one attached hydrogen (secondary N) is 1. The average Bonchev–Trinajstić information content (AvgIpc) is 2.57. The third-order valence-corrected chi connectivity index (χ3v) is 2.04. The van der Waals surface area contributed by atoms with Crippen molar-refractivity contribution in [1.29, 1.82) is 0 Å². The van der Waals surface area contributed by atoms with E-state index in [-0.39, 0.29) is 5.89 Å². The quantitative estimate of drug-likeness (QED) is 0.656. The van der Waals surface area contributed by atoms with Crippen LogP contribution in [-0.4, -0.2) is 10.2 Å². The van der Waals surface area contributed by atoms with E-state index in [9.17, 15) is 4.79 Å². The van der Waals surface area contributed by atoms with Crippen molar-refractivity contribution in [2.45, 2.75) is 6.92 Å². The number of rotatable bonds is 1. The monoisotopic (exact) mass is 191 g/mol. The van der Waals surface area contributed by atoms with E-state index < -0.39 is 5.76 Å². The highest BCUT2D eigenvalue weighted by atomic mass is 16.4. The van der Waals surface area contributed by atoms with E-state index >= 15 is 0 Å². The average molecular weight is 191 g/mol. The molecule has 0 spiro atoms. The zero-order valence-electron chi connectivity index (χ0n) is 7.57. The summed E-state index contributed by atoms with van der Waals surface area (Å²) in [5.74, 6) is -0.304. The highest BCUT2D eigenvalue weighted by Crippen LogP contribution is 2.23. The fraction of sp³-hybridized carbons (Fsp3) is 0.111. The van der Waals surface area contributed by atoms with E-state index in [0.717, 1.165) is 11.1 Å². The minimum Gasteiger partial charge on any atom is -0.398 e. The summed E-state index contributed by atoms with van der Waals surface area (Å²) in [6, 6.07) is 5.36. The van der Waals surface area contributed by atoms with Crippen molar-refractivity contribution in [1.82, 2.24) is 10.2 Å². The van der Waals surface area contributed by atoms with Gasteiger partial charge >= 0.3 is 5.76 Å². The van der Waals surface area contributed by atoms with Gasteiger partial charge in [-0.3, -0.25) is 0 Å². The Morgan fingerprint density at radius 1 is 1.50 bits per heavy atom. The topological polar surface area (TPSA) is 84.9 Å². The van der Waals surface area contributed by atoms with Gasteiger partial charge in [0.25, 0.3) is 0 Å². The van der Waals surface area contributed by atoms with E-state index in [1.54, 1.807) is 18.2 Å². The van der Waals surface area contributed by atoms with Gasteiger partial charge in [0.1, 0.15) is 0 Å². The summed E-state index contributed by atoms with van der Waals surface area (Å²) in [5.41, 5.74) is 7.93. The minimum atomic E-state index is -0.568. The molecule has 5 heteroatoms. The van der Waals surface area contributed by atoms with E-state index in [1.807, 2.05) is 6.92 Å². The van der Waals surface area contributed by atoms with Crippen LogP contribution in [0.1, 0.15) is 5.56 Å². The van der Waals surface area contributed by atoms with Crippen LogP contribution in [0.4, 0.5) is 5.69 Å². The van der Waals surface area contributed by atoms with E-state index in [0.29, 0.717) is 5.69 Å². The van der Waals surface area contributed by atoms with Gasteiger partial charge < -0.3 is 10.2 Å². The van der Waals surface area contributed by atoms with Crippen molar-refractivity contribution < 1.29 is 4.42 Å². The number of H-pyrrole nitrogens is 1. The molecule has 5 nitrogen and oxygen atoms in total. The smallest absolute Gasteiger partial charge is 0.398 e. The van der Waals surface area contributed by atoms with Crippen molar-refractivity contribution in [2.24, 2.45) is 0 Å². The second-order valence-corrected chi connectivity index (χ2v) is 2.94. The summed E-state index contributed by atoms with van der Waals surface area (Å²) in [4.78, 5) is 10.7. The van der Waals surface area contributed by atoms with Crippen LogP contribution >= 0.6 is 0 Å². The van der Waals surface area contributed by atoms with E-state index in [1.165, 1.54) is 0 Å². The highest BCUT2D eigenvalue weighted by Gasteiger charge is 2.09. The molecule has 0 unspecified atom stereocenters. The highest BCUT2D eigenvalue weighted by molar-refractivity contribution is 5.66. The molecule has 0 atom stereocenters. The lowest BCUT2D eigenvalue weighted by atomic mass is 10.1. The Morgan fingerprint density at radius 2 is 2.29 bits per heavy atom. The van der Waals surface area contributed by atoms with Gasteiger partial charge in [-0.1, -0.05) is 6.07 Å². The second-order valence-electron chi connectivity index (χ2n) is 2.94. The zero-order valence-corrected chi connectivity index (χ0v) is 7.57. The summed E-state index contributed by atoms with van der Waals surface area (Å²) in [7, 11) is 0. The van der Waals surface area contributed by atoms with Gasteiger partial charge in [-0.15, -0.1) is 5.10 Å². The first-order valence-corrected chi connectivity index (χ1v) is 4.09. The van der Waals surface area contributed by atoms with Crippen LogP contribution in [0.3, 0.4) is 0 Å². The second kappa shape index (κ2) is 3.02. The number of aromatic nitrogens is 2. The zero-order chi connectivity index (χ0) is 10.1. The number of nitrogens with two attached hydrogens (primary N) is 1. The number of nitrogens with zero attached hydrogens (tertiary/aromatic N) is 1. The molecule has 72 valence electrons. The minimum absolute atomic E-state index is 0.264. The standard InChI is InChI=1S/C9H9N3O2/c1-5-6(3-2-4-7(5)10)8-11-12-9(13)14-8/h2-4H,10H2,1H3,(H,12,13). The normalized spacial score (nSPS) is 10.4. The molecule has 0 amide bonds. The van der Waals surface area contributed by atoms with Gasteiger partial charge in [-0.25, -0.2) is 9.89 Å². The molecule has 2 rings (SSSR count). The molecule has 3 N–H and O–H groups in total. The molecule has 0 aliphatic rings. The predicted octanol–water partition coefficient (Wildman–Crippen LogP) is 0.921. The van der Waals surface area contributed by atoms with Gasteiger partial charge in [0.15, 0.2) is 0 Å². The van der Waals surface area contributed by atoms with E-state index in [2.05, 4.69) is 10.2 Å². The SMILES string of the molecule is Cc1c(N)cccc1-c1n[nH]c(=O)o1. The van der Waals surface area contributed by atoms with Gasteiger partial charge in [-0.2, -0.15) is 0 Å². The molecular weight excluding hydrogens is 182 g/mol. The number of anilines is 1. The molecule has 0 saturated carbocycles. The van der Waals surface area contributed by atoms with Crippen LogP contribution in [0.15, 0.2) is 27.4 Å². The Morgan fingerprint density at radius 3 is 2.93 bits per heavy atom. The molecule has 2 aromatic rings. The third kappa shape index (κ3) is 1.28. The Labute approximate surface area is 79.6 Å². The fourth-order valence-electron chi connectivity index (χ4n) is 1.23. The maximum Gasteiger partial charge on any atom is 0.434 e. The first-order valence-electron chi connectivity index (χ1n) is 4.09. The Bertz CT molecular complexity index is 513. The van der Waals surface area contributed by atoms with Gasteiger partial charge in [0, 0.05) is 11.3 Å². The van der Waals surface area contributed by atoms with Gasteiger partial charge in [0.2, 0.25) is 5.89 Å². The number of hydrogen-bond acceptors (Lipinski definition) is 4. The number of hydrogen-bond donors (Lipinski definition) is 2. The van der Waals surface area contributed by atoms with Crippen LogP contribution in [0, 0.1) is 6.92 Å². The van der Waals surface area contributed by atoms with Gasteiger partial charge in [-0.05, 0) is 24.6 Å². The molecule has 0 radical (unpaired) electrons. The molecule has 0 bridgehead atoms. The molecule has 0 saturated heterocycles. The first-order chi connectivity index (χ1) is 6.68. The van der Waals surface area contributed by atoms with Crippen LogP contribution in [0.2, 0.25) is 0 Å². The van der Waals surface area contributed by atoms with E-state index in [4.69, 9.17) is 10.2 Å². The largest absolute Gasteiger partial charge is 0.434 e. The Hall–Kier alpha value is -2.04. The van der Waals surface area contributed by atoms with Crippen LogP contribution in [-0.2, 0) is 0 Å². The van der Waals surface area contributed by atoms with Gasteiger partial charge in [0.05, 0.1) is 0 Å². The van der Waals surface area contributed by atoms with Crippen molar-refractivity contribution in [3.8, 4) is 11.5 Å². The van der Waals surface area contributed by atoms with Crippen molar-refractivity contribution in [3.63, 3.8) is 0 Å². The first kappa shape index (κ1) is 8.55. The number of nitrogen functional groups attached to an aromatic ring is 1. The van der Waals surface area contributed by atoms with Crippen molar-refractivity contribution in [3.05, 3.63) is 34.3 Å². The summed E-state index contributed by atoms with van der Waals surface area (Å²) in [6.45, 7) is 1.85. The lowest BCUT2D eigenvalue weighted by molar-refractivity contribution is 0.526. The molecule has 1 aromatic heterocycles. The molecule has 0 aliphatic carbocycles. The lowest BCUT2D eigenvalue weighted by Crippen LogP contribution is -1.94. The lowest BCUT2D eigenvalue weighted by Gasteiger charge is -2.02. The van der Waals surface area contributed by atoms with Crippen molar-refractivity contribution >= 4 is 5.69 Å². The van der Waals surface area contributed by atoms with Crippen molar-refractivity contribution in [2.75, 3.05) is 5.73 Å². The molecule has 0 fully saturated rings. The van der Waals surface area contributed by atoms with Crippen LogP contribution in [0.5, 0.6) is 0 Å². The number of aromatic amines is 1. The maximum atomic E-state index is 10.7. The molecule has 1 heterocycles. The predicted molar refractivity (Wildman–Crippen MR) is 51.7 cm³/mol. The number of benzene rings is 1. The molecule has 0 aliphatic heterocycles. The maximum absolute atomic E-state index is 10.7. The summed E-state index contributed by atoms with van der Waals surface area (Å²) >= 11 is 0. The molecule has 14 heavy (non-hydrogen) atoms. The Balaban J connectivity index is 2.62. The third-order valence-electron chi connectivity index (χ3n) is 2.04. The fourth-order valence-corrected chi connectivity index (χ4v) is 1.23. The molecule has 1 aromatic carbocycles. The van der Waals surface area contributed by atoms with Crippen LogP contribution < -0.4 is 11.5 Å². The Kier molecular flexibility index (Phi) is 1.85. The van der Waals surface area contributed by atoms with Crippen LogP contribution in [0.25, 0.3) is 11.5 Å². The molecular formula is C9H9N3O2. The summed E-state index contributed by atoms with van der Waals surface area (Å²) in [5, 5.41) is 5.93.